The lowest BCUT2D eigenvalue weighted by Gasteiger charge is -2.07. The van der Waals surface area contributed by atoms with Gasteiger partial charge >= 0.3 is 0 Å². The van der Waals surface area contributed by atoms with Gasteiger partial charge in [-0.05, 0) is 42.0 Å². The van der Waals surface area contributed by atoms with Crippen LogP contribution in [0.1, 0.15) is 17.8 Å². The van der Waals surface area contributed by atoms with Gasteiger partial charge in [-0.2, -0.15) is 4.52 Å². The van der Waals surface area contributed by atoms with Gasteiger partial charge in [0.15, 0.2) is 5.65 Å². The SMILES string of the molecule is FC(F)c1nnc2ccc(NCc3ccc(Sc4ccccc4)cc3)nn12. The summed E-state index contributed by atoms with van der Waals surface area (Å²) in [6, 6.07) is 21.6. The molecule has 1 N–H and O–H groups in total. The van der Waals surface area contributed by atoms with E-state index >= 15 is 0 Å². The Labute approximate surface area is 158 Å². The fraction of sp³-hybridized carbons (Fsp3) is 0.105. The molecule has 4 aromatic rings. The number of benzene rings is 2. The molecule has 0 amide bonds. The van der Waals surface area contributed by atoms with E-state index in [9.17, 15) is 8.78 Å². The zero-order valence-electron chi connectivity index (χ0n) is 14.1. The van der Waals surface area contributed by atoms with Crippen molar-refractivity contribution < 1.29 is 8.78 Å². The molecule has 136 valence electrons. The zero-order chi connectivity index (χ0) is 18.6. The maximum absolute atomic E-state index is 12.9. The number of aromatic nitrogens is 4. The molecule has 0 radical (unpaired) electrons. The second-order valence-corrected chi connectivity index (χ2v) is 6.91. The van der Waals surface area contributed by atoms with E-state index < -0.39 is 12.2 Å². The van der Waals surface area contributed by atoms with Crippen LogP contribution in [0.2, 0.25) is 0 Å². The molecule has 0 saturated carbocycles. The largest absolute Gasteiger partial charge is 0.365 e. The second kappa shape index (κ2) is 7.71. The van der Waals surface area contributed by atoms with E-state index in [4.69, 9.17) is 0 Å². The van der Waals surface area contributed by atoms with Crippen LogP contribution in [-0.2, 0) is 6.54 Å². The number of nitrogens with one attached hydrogen (secondary N) is 1. The van der Waals surface area contributed by atoms with Crippen LogP contribution in [0.3, 0.4) is 0 Å². The zero-order valence-corrected chi connectivity index (χ0v) is 14.9. The van der Waals surface area contributed by atoms with Gasteiger partial charge < -0.3 is 5.32 Å². The Hall–Kier alpha value is -3.00. The number of halogens is 2. The number of hydrogen-bond acceptors (Lipinski definition) is 5. The van der Waals surface area contributed by atoms with Crippen molar-refractivity contribution >= 4 is 23.2 Å². The van der Waals surface area contributed by atoms with Crippen molar-refractivity contribution in [3.05, 3.63) is 78.1 Å². The molecule has 0 aliphatic carbocycles. The van der Waals surface area contributed by atoms with E-state index in [-0.39, 0.29) is 5.65 Å². The summed E-state index contributed by atoms with van der Waals surface area (Å²) in [6.07, 6.45) is -2.72. The molecule has 2 aromatic heterocycles. The van der Waals surface area contributed by atoms with Gasteiger partial charge in [0.1, 0.15) is 5.82 Å². The molecule has 5 nitrogen and oxygen atoms in total. The van der Waals surface area contributed by atoms with Gasteiger partial charge in [0, 0.05) is 16.3 Å². The highest BCUT2D eigenvalue weighted by molar-refractivity contribution is 7.99. The summed E-state index contributed by atoms with van der Waals surface area (Å²) < 4.78 is 26.9. The van der Waals surface area contributed by atoms with Crippen molar-refractivity contribution in [3.63, 3.8) is 0 Å². The van der Waals surface area contributed by atoms with Crippen molar-refractivity contribution in [1.29, 1.82) is 0 Å². The highest BCUT2D eigenvalue weighted by atomic mass is 32.2. The summed E-state index contributed by atoms with van der Waals surface area (Å²) in [4.78, 5) is 2.33. The molecule has 0 fully saturated rings. The lowest BCUT2D eigenvalue weighted by molar-refractivity contribution is 0.137. The minimum atomic E-state index is -2.72. The molecule has 4 rings (SSSR count). The third-order valence-corrected chi connectivity index (χ3v) is 4.87. The number of rotatable bonds is 6. The topological polar surface area (TPSA) is 55.1 Å². The summed E-state index contributed by atoms with van der Waals surface area (Å²) in [6.45, 7) is 0.529. The van der Waals surface area contributed by atoms with Crippen molar-refractivity contribution in [1.82, 2.24) is 19.8 Å². The van der Waals surface area contributed by atoms with Crippen molar-refractivity contribution in [2.75, 3.05) is 5.32 Å². The molecule has 0 aliphatic rings. The van der Waals surface area contributed by atoms with Gasteiger partial charge in [-0.3, -0.25) is 0 Å². The van der Waals surface area contributed by atoms with E-state index in [1.807, 2.05) is 30.3 Å². The molecule has 0 saturated heterocycles. The predicted octanol–water partition coefficient (Wildman–Crippen LogP) is 4.83. The Morgan fingerprint density at radius 3 is 2.37 bits per heavy atom. The summed E-state index contributed by atoms with van der Waals surface area (Å²) in [5.74, 6) is 0.0166. The lowest BCUT2D eigenvalue weighted by Crippen LogP contribution is -2.06. The maximum Gasteiger partial charge on any atom is 0.299 e. The minimum Gasteiger partial charge on any atom is -0.365 e. The van der Waals surface area contributed by atoms with Crippen LogP contribution in [0, 0.1) is 0 Å². The molecule has 2 heterocycles. The van der Waals surface area contributed by atoms with Crippen LogP contribution >= 0.6 is 11.8 Å². The standard InChI is InChI=1S/C19H15F2N5S/c20-18(21)19-24-23-17-11-10-16(25-26(17)19)22-12-13-6-8-15(9-7-13)27-14-4-2-1-3-5-14/h1-11,18H,12H2,(H,22,25). The van der Waals surface area contributed by atoms with E-state index in [0.29, 0.717) is 12.4 Å². The van der Waals surface area contributed by atoms with Gasteiger partial charge in [0.25, 0.3) is 6.43 Å². The average Bonchev–Trinajstić information content (AvgIpc) is 3.12. The van der Waals surface area contributed by atoms with Gasteiger partial charge in [-0.1, -0.05) is 42.1 Å². The average molecular weight is 383 g/mol. The highest BCUT2D eigenvalue weighted by Crippen LogP contribution is 2.27. The molecule has 0 aliphatic heterocycles. The van der Waals surface area contributed by atoms with E-state index in [1.54, 1.807) is 23.9 Å². The number of hydrogen-bond donors (Lipinski definition) is 1. The summed E-state index contributed by atoms with van der Waals surface area (Å²) in [5, 5.41) is 14.4. The molecule has 27 heavy (non-hydrogen) atoms. The normalized spacial score (nSPS) is 11.2. The maximum atomic E-state index is 12.9. The summed E-state index contributed by atoms with van der Waals surface area (Å²) in [7, 11) is 0. The Kier molecular flexibility index (Phi) is 4.97. The van der Waals surface area contributed by atoms with Crippen LogP contribution in [0.4, 0.5) is 14.6 Å². The van der Waals surface area contributed by atoms with E-state index in [0.717, 1.165) is 15.0 Å². The van der Waals surface area contributed by atoms with Crippen LogP contribution in [0.15, 0.2) is 76.5 Å². The number of fused-ring (bicyclic) bond motifs is 1. The van der Waals surface area contributed by atoms with Crippen molar-refractivity contribution in [2.24, 2.45) is 0 Å². The third kappa shape index (κ3) is 4.06. The first-order valence-corrected chi connectivity index (χ1v) is 9.07. The van der Waals surface area contributed by atoms with Gasteiger partial charge in [-0.15, -0.1) is 15.3 Å². The molecule has 8 heteroatoms. The van der Waals surface area contributed by atoms with Crippen molar-refractivity contribution in [3.8, 4) is 0 Å². The fourth-order valence-electron chi connectivity index (χ4n) is 2.53. The van der Waals surface area contributed by atoms with Crippen LogP contribution < -0.4 is 5.32 Å². The third-order valence-electron chi connectivity index (χ3n) is 3.86. The minimum absolute atomic E-state index is 0.290. The molecule has 0 spiro atoms. The molecule has 0 unspecified atom stereocenters. The number of alkyl halides is 2. The second-order valence-electron chi connectivity index (χ2n) is 5.76. The molecular weight excluding hydrogens is 368 g/mol. The Balaban J connectivity index is 1.42. The monoisotopic (exact) mass is 383 g/mol. The Morgan fingerprint density at radius 2 is 1.63 bits per heavy atom. The Bertz CT molecular complexity index is 1040. The first-order chi connectivity index (χ1) is 13.2. The molecule has 0 atom stereocenters. The predicted molar refractivity (Wildman–Crippen MR) is 100 cm³/mol. The fourth-order valence-corrected chi connectivity index (χ4v) is 3.37. The lowest BCUT2D eigenvalue weighted by atomic mass is 10.2. The first kappa shape index (κ1) is 17.4. The van der Waals surface area contributed by atoms with Gasteiger partial charge in [0.05, 0.1) is 0 Å². The van der Waals surface area contributed by atoms with E-state index in [1.165, 1.54) is 4.90 Å². The van der Waals surface area contributed by atoms with E-state index in [2.05, 4.69) is 44.9 Å². The van der Waals surface area contributed by atoms with Gasteiger partial charge in [-0.25, -0.2) is 8.78 Å². The number of anilines is 1. The quantitative estimate of drug-likeness (QED) is 0.517. The van der Waals surface area contributed by atoms with Crippen LogP contribution in [0.25, 0.3) is 5.65 Å². The summed E-state index contributed by atoms with van der Waals surface area (Å²) >= 11 is 1.70. The van der Waals surface area contributed by atoms with Crippen LogP contribution in [-0.4, -0.2) is 19.8 Å². The smallest absolute Gasteiger partial charge is 0.299 e. The summed E-state index contributed by atoms with van der Waals surface area (Å²) in [5.41, 5.74) is 1.35. The van der Waals surface area contributed by atoms with Crippen LogP contribution in [0.5, 0.6) is 0 Å². The highest BCUT2D eigenvalue weighted by Gasteiger charge is 2.16. The number of nitrogens with zero attached hydrogens (tertiary/aromatic N) is 4. The van der Waals surface area contributed by atoms with Gasteiger partial charge in [0.2, 0.25) is 5.82 Å². The van der Waals surface area contributed by atoms with Crippen molar-refractivity contribution in [2.45, 2.75) is 22.8 Å². The Morgan fingerprint density at radius 1 is 0.889 bits per heavy atom. The first-order valence-electron chi connectivity index (χ1n) is 8.25. The molecular formula is C19H15F2N5S. The molecule has 2 aromatic carbocycles. The molecule has 0 bridgehead atoms.